The molecule has 2 heterocycles. The number of hydrogen-bond acceptors (Lipinski definition) is 3. The summed E-state index contributed by atoms with van der Waals surface area (Å²) < 4.78 is 0. The van der Waals surface area contributed by atoms with Gasteiger partial charge in [-0.2, -0.15) is 0 Å². The minimum Gasteiger partial charge on any atom is -0.356 e. The summed E-state index contributed by atoms with van der Waals surface area (Å²) in [4.78, 5) is 18.7. The second kappa shape index (κ2) is 5.85. The molecule has 4 nitrogen and oxygen atoms in total. The summed E-state index contributed by atoms with van der Waals surface area (Å²) >= 11 is 0. The molecule has 1 aliphatic heterocycles. The van der Waals surface area contributed by atoms with E-state index in [2.05, 4.69) is 22.1 Å². The summed E-state index contributed by atoms with van der Waals surface area (Å²) in [6, 6.07) is 3.67. The lowest BCUT2D eigenvalue weighted by Gasteiger charge is -2.32. The van der Waals surface area contributed by atoms with E-state index in [-0.39, 0.29) is 5.91 Å². The fraction of sp³-hybridized carbons (Fsp3) is 0.571. The van der Waals surface area contributed by atoms with Gasteiger partial charge in [-0.1, -0.05) is 6.92 Å². The zero-order valence-corrected chi connectivity index (χ0v) is 11.1. The van der Waals surface area contributed by atoms with Crippen molar-refractivity contribution in [2.75, 3.05) is 24.5 Å². The molecule has 1 saturated heterocycles. The highest BCUT2D eigenvalue weighted by Gasteiger charge is 2.21. The molecule has 98 valence electrons. The van der Waals surface area contributed by atoms with E-state index in [9.17, 15) is 4.79 Å². The number of rotatable bonds is 3. The van der Waals surface area contributed by atoms with E-state index in [0.29, 0.717) is 18.0 Å². The Kier molecular flexibility index (Phi) is 4.18. The average molecular weight is 247 g/mol. The van der Waals surface area contributed by atoms with Gasteiger partial charge in [0.15, 0.2) is 0 Å². The van der Waals surface area contributed by atoms with E-state index in [1.54, 1.807) is 6.20 Å². The third-order valence-corrected chi connectivity index (χ3v) is 3.33. The molecule has 18 heavy (non-hydrogen) atoms. The van der Waals surface area contributed by atoms with E-state index in [1.165, 1.54) is 12.8 Å². The Labute approximate surface area is 108 Å². The summed E-state index contributed by atoms with van der Waals surface area (Å²) in [6.45, 7) is 6.80. The summed E-state index contributed by atoms with van der Waals surface area (Å²) in [5.41, 5.74) is 0.688. The molecule has 0 spiro atoms. The molecule has 1 N–H and O–H groups in total. The summed E-state index contributed by atoms with van der Waals surface area (Å²) in [6.07, 6.45) is 4.20. The number of hydrogen-bond donors (Lipinski definition) is 1. The van der Waals surface area contributed by atoms with E-state index in [1.807, 2.05) is 19.1 Å². The maximum absolute atomic E-state index is 12.0. The van der Waals surface area contributed by atoms with Crippen LogP contribution in [-0.2, 0) is 0 Å². The van der Waals surface area contributed by atoms with Crippen molar-refractivity contribution in [2.45, 2.75) is 26.7 Å². The Bertz CT molecular complexity index is 419. The summed E-state index contributed by atoms with van der Waals surface area (Å²) in [5, 5.41) is 2.85. The van der Waals surface area contributed by atoms with Crippen LogP contribution in [0.4, 0.5) is 5.82 Å². The highest BCUT2D eigenvalue weighted by atomic mass is 16.1. The van der Waals surface area contributed by atoms with Crippen LogP contribution >= 0.6 is 0 Å². The second-order valence-corrected chi connectivity index (χ2v) is 4.93. The Balaban J connectivity index is 2.23. The van der Waals surface area contributed by atoms with Crippen LogP contribution in [0.5, 0.6) is 0 Å². The van der Waals surface area contributed by atoms with Crippen molar-refractivity contribution in [2.24, 2.45) is 5.92 Å². The normalized spacial score (nSPS) is 19.7. The Morgan fingerprint density at radius 3 is 3.17 bits per heavy atom. The molecule has 1 aromatic heterocycles. The SMILES string of the molecule is CCNC(=O)c1cccnc1N1CCC[C@@H](C)C1. The lowest BCUT2D eigenvalue weighted by Crippen LogP contribution is -2.36. The monoisotopic (exact) mass is 247 g/mol. The molecule has 0 unspecified atom stereocenters. The minimum absolute atomic E-state index is 0.0289. The molecule has 0 saturated carbocycles. The number of pyridine rings is 1. The predicted molar refractivity (Wildman–Crippen MR) is 72.9 cm³/mol. The molecule has 0 bridgehead atoms. The smallest absolute Gasteiger partial charge is 0.255 e. The first-order valence-electron chi connectivity index (χ1n) is 6.70. The Morgan fingerprint density at radius 2 is 2.44 bits per heavy atom. The van der Waals surface area contributed by atoms with Crippen molar-refractivity contribution in [1.82, 2.24) is 10.3 Å². The van der Waals surface area contributed by atoms with Crippen molar-refractivity contribution in [3.8, 4) is 0 Å². The van der Waals surface area contributed by atoms with Gasteiger partial charge in [0.1, 0.15) is 5.82 Å². The minimum atomic E-state index is -0.0289. The predicted octanol–water partition coefficient (Wildman–Crippen LogP) is 2.07. The van der Waals surface area contributed by atoms with E-state index in [4.69, 9.17) is 0 Å². The van der Waals surface area contributed by atoms with Crippen molar-refractivity contribution in [3.63, 3.8) is 0 Å². The fourth-order valence-corrected chi connectivity index (χ4v) is 2.46. The fourth-order valence-electron chi connectivity index (χ4n) is 2.46. The lowest BCUT2D eigenvalue weighted by atomic mass is 10.00. The van der Waals surface area contributed by atoms with E-state index in [0.717, 1.165) is 18.9 Å². The van der Waals surface area contributed by atoms with Gasteiger partial charge in [-0.3, -0.25) is 4.79 Å². The quantitative estimate of drug-likeness (QED) is 0.889. The van der Waals surface area contributed by atoms with Crippen molar-refractivity contribution < 1.29 is 4.79 Å². The lowest BCUT2D eigenvalue weighted by molar-refractivity contribution is 0.0956. The van der Waals surface area contributed by atoms with E-state index >= 15 is 0 Å². The molecular weight excluding hydrogens is 226 g/mol. The van der Waals surface area contributed by atoms with Gasteiger partial charge in [-0.15, -0.1) is 0 Å². The summed E-state index contributed by atoms with van der Waals surface area (Å²) in [5.74, 6) is 1.47. The molecule has 1 amide bonds. The van der Waals surface area contributed by atoms with Crippen LogP contribution in [-0.4, -0.2) is 30.5 Å². The maximum Gasteiger partial charge on any atom is 0.255 e. The van der Waals surface area contributed by atoms with Crippen molar-refractivity contribution >= 4 is 11.7 Å². The number of piperidine rings is 1. The van der Waals surface area contributed by atoms with Crippen molar-refractivity contribution in [3.05, 3.63) is 23.9 Å². The van der Waals surface area contributed by atoms with Crippen LogP contribution in [0.1, 0.15) is 37.0 Å². The van der Waals surface area contributed by atoms with Gasteiger partial charge in [-0.05, 0) is 37.8 Å². The van der Waals surface area contributed by atoms with E-state index < -0.39 is 0 Å². The van der Waals surface area contributed by atoms with Crippen LogP contribution in [0.2, 0.25) is 0 Å². The van der Waals surface area contributed by atoms with Crippen LogP contribution in [0.15, 0.2) is 18.3 Å². The zero-order chi connectivity index (χ0) is 13.0. The molecule has 0 aromatic carbocycles. The number of carbonyl (C=O) groups is 1. The van der Waals surface area contributed by atoms with Gasteiger partial charge in [0.25, 0.3) is 5.91 Å². The van der Waals surface area contributed by atoms with Gasteiger partial charge in [0, 0.05) is 25.8 Å². The first kappa shape index (κ1) is 12.9. The second-order valence-electron chi connectivity index (χ2n) is 4.93. The largest absolute Gasteiger partial charge is 0.356 e. The Hall–Kier alpha value is -1.58. The number of nitrogens with one attached hydrogen (secondary N) is 1. The van der Waals surface area contributed by atoms with Gasteiger partial charge >= 0.3 is 0 Å². The number of carbonyl (C=O) groups excluding carboxylic acids is 1. The first-order chi connectivity index (χ1) is 8.72. The zero-order valence-electron chi connectivity index (χ0n) is 11.1. The first-order valence-corrected chi connectivity index (χ1v) is 6.70. The van der Waals surface area contributed by atoms with Gasteiger partial charge in [-0.25, -0.2) is 4.98 Å². The molecule has 0 radical (unpaired) electrons. The molecule has 1 aliphatic rings. The molecule has 0 aliphatic carbocycles. The standard InChI is InChI=1S/C14H21N3O/c1-3-15-14(18)12-7-4-8-16-13(12)17-9-5-6-11(2)10-17/h4,7-8,11H,3,5-6,9-10H2,1-2H3,(H,15,18)/t11-/m1/s1. The van der Waals surface area contributed by atoms with Gasteiger partial charge < -0.3 is 10.2 Å². The Morgan fingerprint density at radius 1 is 1.61 bits per heavy atom. The molecule has 2 rings (SSSR count). The van der Waals surface area contributed by atoms with Crippen molar-refractivity contribution in [1.29, 1.82) is 0 Å². The number of amides is 1. The molecule has 1 aromatic rings. The van der Waals surface area contributed by atoms with Crippen LogP contribution in [0.25, 0.3) is 0 Å². The highest BCUT2D eigenvalue weighted by Crippen LogP contribution is 2.24. The number of anilines is 1. The average Bonchev–Trinajstić information content (AvgIpc) is 2.39. The topological polar surface area (TPSA) is 45.2 Å². The molecule has 1 atom stereocenters. The van der Waals surface area contributed by atoms with Crippen LogP contribution in [0, 0.1) is 5.92 Å². The van der Waals surface area contributed by atoms with Gasteiger partial charge in [0.2, 0.25) is 0 Å². The third kappa shape index (κ3) is 2.81. The molecule has 1 fully saturated rings. The third-order valence-electron chi connectivity index (χ3n) is 3.33. The number of aromatic nitrogens is 1. The van der Waals surface area contributed by atoms with Crippen LogP contribution < -0.4 is 10.2 Å². The molecule has 4 heteroatoms. The van der Waals surface area contributed by atoms with Crippen LogP contribution in [0.3, 0.4) is 0 Å². The van der Waals surface area contributed by atoms with Gasteiger partial charge in [0.05, 0.1) is 5.56 Å². The highest BCUT2D eigenvalue weighted by molar-refractivity contribution is 5.98. The maximum atomic E-state index is 12.0. The summed E-state index contributed by atoms with van der Waals surface area (Å²) in [7, 11) is 0. The molecular formula is C14H21N3O. The number of nitrogens with zero attached hydrogens (tertiary/aromatic N) is 2.